The number of benzene rings is 1. The van der Waals surface area contributed by atoms with E-state index < -0.39 is 0 Å². The number of hydrogen-bond donors (Lipinski definition) is 1. The van der Waals surface area contributed by atoms with Crippen LogP contribution in [0.15, 0.2) is 53.9 Å². The Morgan fingerprint density at radius 3 is 2.67 bits per heavy atom. The number of carbonyl (C=O) groups is 1. The first-order chi connectivity index (χ1) is 11.2. The van der Waals surface area contributed by atoms with Gasteiger partial charge < -0.3 is 21.9 Å². The van der Waals surface area contributed by atoms with Crippen LogP contribution in [0.4, 0.5) is 0 Å². The van der Waals surface area contributed by atoms with Gasteiger partial charge in [0.25, 0.3) is 0 Å². The van der Waals surface area contributed by atoms with E-state index >= 15 is 0 Å². The summed E-state index contributed by atoms with van der Waals surface area (Å²) in [6, 6.07) is 11.1. The molecular formula is C17H20ClN3O3. The minimum absolute atomic E-state index is 0. The second-order valence-corrected chi connectivity index (χ2v) is 4.68. The number of halogens is 1. The number of ether oxygens (including phenoxy) is 2. The summed E-state index contributed by atoms with van der Waals surface area (Å²) in [5, 5.41) is 3.95. The van der Waals surface area contributed by atoms with Gasteiger partial charge in [-0.25, -0.2) is 5.43 Å². The van der Waals surface area contributed by atoms with Gasteiger partial charge in [-0.1, -0.05) is 6.07 Å². The number of rotatable bonds is 7. The van der Waals surface area contributed by atoms with Crippen LogP contribution in [0.25, 0.3) is 0 Å². The van der Waals surface area contributed by atoms with Crippen molar-refractivity contribution in [1.29, 1.82) is 0 Å². The number of hydrazone groups is 1. The average Bonchev–Trinajstić information content (AvgIpc) is 2.57. The molecule has 1 aromatic heterocycles. The molecule has 2 rings (SSSR count). The van der Waals surface area contributed by atoms with Crippen molar-refractivity contribution in [3.8, 4) is 11.5 Å². The fourth-order valence-electron chi connectivity index (χ4n) is 1.96. The highest BCUT2D eigenvalue weighted by Crippen LogP contribution is 2.27. The number of nitrogens with one attached hydrogen (secondary N) is 1. The van der Waals surface area contributed by atoms with Gasteiger partial charge >= 0.3 is 5.91 Å². The molecule has 1 amide bonds. The highest BCUT2D eigenvalue weighted by molar-refractivity contribution is 5.82. The highest BCUT2D eigenvalue weighted by atomic mass is 35.5. The first kappa shape index (κ1) is 19.4. The second-order valence-electron chi connectivity index (χ2n) is 4.68. The van der Waals surface area contributed by atoms with E-state index in [-0.39, 0.29) is 24.9 Å². The summed E-state index contributed by atoms with van der Waals surface area (Å²) in [5.74, 6) is 1.11. The van der Waals surface area contributed by atoms with Crippen molar-refractivity contribution >= 4 is 12.1 Å². The van der Waals surface area contributed by atoms with Crippen molar-refractivity contribution in [3.63, 3.8) is 0 Å². The van der Waals surface area contributed by atoms with Crippen molar-refractivity contribution in [2.75, 3.05) is 13.7 Å². The van der Waals surface area contributed by atoms with E-state index in [4.69, 9.17) is 9.47 Å². The lowest BCUT2D eigenvalue weighted by Gasteiger charge is -2.09. The Balaban J connectivity index is 0.00000288. The smallest absolute Gasteiger partial charge is 0.305 e. The molecule has 128 valence electrons. The molecule has 0 aliphatic carbocycles. The Bertz CT molecular complexity index is 678. The predicted octanol–water partition coefficient (Wildman–Crippen LogP) is -1.46. The van der Waals surface area contributed by atoms with Crippen LogP contribution in [0.3, 0.4) is 0 Å². The van der Waals surface area contributed by atoms with E-state index in [0.717, 1.165) is 5.56 Å². The molecule has 0 aliphatic rings. The Hall–Kier alpha value is -2.60. The van der Waals surface area contributed by atoms with Crippen molar-refractivity contribution in [2.45, 2.75) is 13.5 Å². The summed E-state index contributed by atoms with van der Waals surface area (Å²) in [7, 11) is 1.58. The highest BCUT2D eigenvalue weighted by Gasteiger charge is 2.07. The van der Waals surface area contributed by atoms with Gasteiger partial charge in [0, 0.05) is 12.1 Å². The van der Waals surface area contributed by atoms with Crippen molar-refractivity contribution in [2.24, 2.45) is 5.10 Å². The summed E-state index contributed by atoms with van der Waals surface area (Å²) >= 11 is 0. The van der Waals surface area contributed by atoms with Crippen LogP contribution in [-0.2, 0) is 11.3 Å². The zero-order valence-corrected chi connectivity index (χ0v) is 14.4. The molecule has 24 heavy (non-hydrogen) atoms. The number of pyridine rings is 1. The van der Waals surface area contributed by atoms with Crippen LogP contribution in [-0.4, -0.2) is 25.8 Å². The molecule has 1 N–H and O–H groups in total. The molecule has 0 atom stereocenters. The standard InChI is InChI=1S/C17H19N3O3.ClH/c1-3-23-15-8-7-14(11-16(15)22-2)12-18-19-17(21)13-20-9-5-4-6-10-20;/h4-12H,3,13H2,1-2H3;1H/b18-12-;. The zero-order chi connectivity index (χ0) is 16.5. The van der Waals surface area contributed by atoms with Crippen LogP contribution in [0, 0.1) is 0 Å². The molecule has 0 spiro atoms. The van der Waals surface area contributed by atoms with Crippen LogP contribution >= 0.6 is 0 Å². The maximum absolute atomic E-state index is 11.8. The quantitative estimate of drug-likeness (QED) is 0.377. The van der Waals surface area contributed by atoms with Gasteiger partial charge in [0.2, 0.25) is 6.54 Å². The summed E-state index contributed by atoms with van der Waals surface area (Å²) in [6.45, 7) is 2.69. The molecule has 2 aromatic rings. The molecule has 7 heteroatoms. The van der Waals surface area contributed by atoms with E-state index in [1.54, 1.807) is 24.0 Å². The fraction of sp³-hybridized carbons (Fsp3) is 0.235. The van der Waals surface area contributed by atoms with Crippen molar-refractivity contribution in [3.05, 3.63) is 54.4 Å². The minimum atomic E-state index is -0.199. The Kier molecular flexibility index (Phi) is 8.29. The minimum Gasteiger partial charge on any atom is -1.00 e. The Labute approximate surface area is 147 Å². The topological polar surface area (TPSA) is 63.8 Å². The summed E-state index contributed by atoms with van der Waals surface area (Å²) in [6.07, 6.45) is 5.20. The number of hydrogen-bond acceptors (Lipinski definition) is 4. The van der Waals surface area contributed by atoms with Crippen LogP contribution in [0.5, 0.6) is 11.5 Å². The van der Waals surface area contributed by atoms with Gasteiger partial charge in [-0.3, -0.25) is 4.79 Å². The fourth-order valence-corrected chi connectivity index (χ4v) is 1.96. The van der Waals surface area contributed by atoms with E-state index in [0.29, 0.717) is 18.1 Å². The summed E-state index contributed by atoms with van der Waals surface area (Å²) < 4.78 is 12.5. The Morgan fingerprint density at radius 1 is 1.25 bits per heavy atom. The molecule has 0 radical (unpaired) electrons. The second kappa shape index (κ2) is 10.2. The van der Waals surface area contributed by atoms with Gasteiger partial charge in [0.15, 0.2) is 23.9 Å². The number of nitrogens with zero attached hydrogens (tertiary/aromatic N) is 2. The third-order valence-electron chi connectivity index (χ3n) is 2.99. The summed E-state index contributed by atoms with van der Waals surface area (Å²) in [4.78, 5) is 11.8. The molecule has 1 heterocycles. The normalized spacial score (nSPS) is 10.1. The van der Waals surface area contributed by atoms with Crippen LogP contribution in [0.1, 0.15) is 12.5 Å². The lowest BCUT2D eigenvalue weighted by molar-refractivity contribution is -0.684. The third-order valence-corrected chi connectivity index (χ3v) is 2.99. The number of amides is 1. The first-order valence-electron chi connectivity index (χ1n) is 7.29. The molecule has 1 aromatic carbocycles. The first-order valence-corrected chi connectivity index (χ1v) is 7.29. The maximum Gasteiger partial charge on any atom is 0.305 e. The molecule has 0 unspecified atom stereocenters. The number of carbonyl (C=O) groups excluding carboxylic acids is 1. The number of methoxy groups -OCH3 is 1. The van der Waals surface area contributed by atoms with Crippen LogP contribution < -0.4 is 31.9 Å². The van der Waals surface area contributed by atoms with Gasteiger partial charge in [-0.05, 0) is 30.7 Å². The van der Waals surface area contributed by atoms with E-state index in [1.807, 2.05) is 49.6 Å². The van der Waals surface area contributed by atoms with E-state index in [1.165, 1.54) is 0 Å². The third kappa shape index (κ3) is 5.89. The molecule has 6 nitrogen and oxygen atoms in total. The van der Waals surface area contributed by atoms with Gasteiger partial charge in [0.05, 0.1) is 19.9 Å². The molecular weight excluding hydrogens is 330 g/mol. The SMILES string of the molecule is CCOc1ccc(/C=N\NC(=O)C[n+]2ccccc2)cc1OC.[Cl-]. The monoisotopic (exact) mass is 349 g/mol. The van der Waals surface area contributed by atoms with Gasteiger partial charge in [0.1, 0.15) is 0 Å². The van der Waals surface area contributed by atoms with Gasteiger partial charge in [-0.15, -0.1) is 0 Å². The molecule has 0 fully saturated rings. The molecule has 0 saturated heterocycles. The molecule has 0 bridgehead atoms. The maximum atomic E-state index is 11.8. The predicted molar refractivity (Wildman–Crippen MR) is 86.5 cm³/mol. The molecule has 0 saturated carbocycles. The molecule has 0 aliphatic heterocycles. The largest absolute Gasteiger partial charge is 1.00 e. The lowest BCUT2D eigenvalue weighted by Crippen LogP contribution is -3.00. The van der Waals surface area contributed by atoms with Gasteiger partial charge in [-0.2, -0.15) is 9.67 Å². The van der Waals surface area contributed by atoms with Crippen LogP contribution in [0.2, 0.25) is 0 Å². The van der Waals surface area contributed by atoms with E-state index in [2.05, 4.69) is 10.5 Å². The average molecular weight is 350 g/mol. The van der Waals surface area contributed by atoms with Crippen molar-refractivity contribution < 1.29 is 31.2 Å². The van der Waals surface area contributed by atoms with E-state index in [9.17, 15) is 4.79 Å². The zero-order valence-electron chi connectivity index (χ0n) is 13.6. The lowest BCUT2D eigenvalue weighted by atomic mass is 10.2. The number of aromatic nitrogens is 1. The van der Waals surface area contributed by atoms with Crippen molar-refractivity contribution in [1.82, 2.24) is 5.43 Å². The Morgan fingerprint density at radius 2 is 2.00 bits per heavy atom. The summed E-state index contributed by atoms with van der Waals surface area (Å²) in [5.41, 5.74) is 3.30.